The van der Waals surface area contributed by atoms with Gasteiger partial charge in [-0.1, -0.05) is 12.2 Å². The quantitative estimate of drug-likeness (QED) is 0.605. The highest BCUT2D eigenvalue weighted by Crippen LogP contribution is 2.38. The first kappa shape index (κ1) is 22.1. The van der Waals surface area contributed by atoms with E-state index in [0.29, 0.717) is 23.8 Å². The van der Waals surface area contributed by atoms with Crippen LogP contribution in [-0.4, -0.2) is 63.2 Å². The van der Waals surface area contributed by atoms with E-state index in [9.17, 15) is 4.79 Å². The van der Waals surface area contributed by atoms with Crippen LogP contribution in [0.4, 0.5) is 0 Å². The van der Waals surface area contributed by atoms with E-state index < -0.39 is 0 Å². The first-order valence-electron chi connectivity index (χ1n) is 9.87. The topological polar surface area (TPSA) is 51.2 Å². The molecule has 6 heteroatoms. The van der Waals surface area contributed by atoms with Crippen molar-refractivity contribution >= 4 is 5.91 Å². The maximum absolute atomic E-state index is 12.8. The number of amides is 1. The molecule has 0 radical (unpaired) electrons. The van der Waals surface area contributed by atoms with E-state index in [1.807, 2.05) is 30.9 Å². The van der Waals surface area contributed by atoms with Gasteiger partial charge in [-0.3, -0.25) is 9.69 Å². The van der Waals surface area contributed by atoms with Crippen molar-refractivity contribution in [1.82, 2.24) is 9.80 Å². The lowest BCUT2D eigenvalue weighted by Crippen LogP contribution is -2.42. The van der Waals surface area contributed by atoms with Crippen molar-refractivity contribution in [3.8, 4) is 17.2 Å². The van der Waals surface area contributed by atoms with Crippen LogP contribution < -0.4 is 14.2 Å². The molecule has 0 saturated carbocycles. The van der Waals surface area contributed by atoms with E-state index in [4.69, 9.17) is 14.2 Å². The maximum Gasteiger partial charge on any atom is 0.226 e. The van der Waals surface area contributed by atoms with Crippen LogP contribution in [0.1, 0.15) is 32.3 Å². The van der Waals surface area contributed by atoms with Crippen LogP contribution in [0.5, 0.6) is 17.2 Å². The molecule has 28 heavy (non-hydrogen) atoms. The minimum absolute atomic E-state index is 0.107. The molecule has 1 heterocycles. The Morgan fingerprint density at radius 3 is 2.14 bits per heavy atom. The number of hydrogen-bond donors (Lipinski definition) is 0. The van der Waals surface area contributed by atoms with Gasteiger partial charge < -0.3 is 19.1 Å². The average Bonchev–Trinajstić information content (AvgIpc) is 2.71. The van der Waals surface area contributed by atoms with Crippen LogP contribution in [0.2, 0.25) is 0 Å². The Bertz CT molecular complexity index is 656. The first-order valence-corrected chi connectivity index (χ1v) is 9.87. The minimum atomic E-state index is 0.107. The SMILES string of the molecule is C=C(C)CN(CC)C(=O)C1CCN(Cc2cc(OC)c(OC)c(OC)c2)CC1. The van der Waals surface area contributed by atoms with Crippen molar-refractivity contribution < 1.29 is 19.0 Å². The normalized spacial score (nSPS) is 15.2. The second-order valence-corrected chi connectivity index (χ2v) is 7.39. The lowest BCUT2D eigenvalue weighted by Gasteiger charge is -2.34. The fraction of sp³-hybridized carbons (Fsp3) is 0.591. The molecular formula is C22H34N2O4. The summed E-state index contributed by atoms with van der Waals surface area (Å²) in [5.74, 6) is 2.31. The second kappa shape index (κ2) is 10.4. The number of likely N-dealkylation sites (N-methyl/N-ethyl adjacent to an activating group) is 1. The number of ether oxygens (including phenoxy) is 3. The molecule has 0 unspecified atom stereocenters. The fourth-order valence-corrected chi connectivity index (χ4v) is 3.75. The Balaban J connectivity index is 1.99. The Labute approximate surface area is 169 Å². The van der Waals surface area contributed by atoms with Gasteiger partial charge in [-0.25, -0.2) is 0 Å². The van der Waals surface area contributed by atoms with Crippen LogP contribution in [0.15, 0.2) is 24.3 Å². The Hall–Kier alpha value is -2.21. The van der Waals surface area contributed by atoms with Crippen LogP contribution in [0.25, 0.3) is 0 Å². The molecule has 1 aromatic rings. The molecular weight excluding hydrogens is 356 g/mol. The third kappa shape index (κ3) is 5.41. The zero-order valence-corrected chi connectivity index (χ0v) is 17.9. The van der Waals surface area contributed by atoms with Gasteiger partial charge in [0.05, 0.1) is 21.3 Å². The van der Waals surface area contributed by atoms with Gasteiger partial charge in [0.1, 0.15) is 0 Å². The molecule has 6 nitrogen and oxygen atoms in total. The second-order valence-electron chi connectivity index (χ2n) is 7.39. The lowest BCUT2D eigenvalue weighted by molar-refractivity contribution is -0.136. The van der Waals surface area contributed by atoms with E-state index in [1.54, 1.807) is 21.3 Å². The number of carbonyl (C=O) groups excluding carboxylic acids is 1. The van der Waals surface area contributed by atoms with E-state index in [0.717, 1.165) is 50.2 Å². The van der Waals surface area contributed by atoms with Crippen molar-refractivity contribution in [3.05, 3.63) is 29.8 Å². The smallest absolute Gasteiger partial charge is 0.226 e. The highest BCUT2D eigenvalue weighted by Gasteiger charge is 2.28. The largest absolute Gasteiger partial charge is 0.493 e. The van der Waals surface area contributed by atoms with Crippen molar-refractivity contribution in [3.63, 3.8) is 0 Å². The van der Waals surface area contributed by atoms with Gasteiger partial charge in [-0.2, -0.15) is 0 Å². The van der Waals surface area contributed by atoms with E-state index in [1.165, 1.54) is 0 Å². The molecule has 2 rings (SSSR count). The van der Waals surface area contributed by atoms with Crippen molar-refractivity contribution in [2.45, 2.75) is 33.2 Å². The number of likely N-dealkylation sites (tertiary alicyclic amines) is 1. The molecule has 1 aliphatic rings. The summed E-state index contributed by atoms with van der Waals surface area (Å²) in [4.78, 5) is 17.1. The van der Waals surface area contributed by atoms with E-state index in [2.05, 4.69) is 11.5 Å². The van der Waals surface area contributed by atoms with Crippen LogP contribution in [-0.2, 0) is 11.3 Å². The number of methoxy groups -OCH3 is 3. The molecule has 1 fully saturated rings. The van der Waals surface area contributed by atoms with E-state index >= 15 is 0 Å². The molecule has 0 aliphatic carbocycles. The van der Waals surface area contributed by atoms with Crippen molar-refractivity contribution in [1.29, 1.82) is 0 Å². The molecule has 0 aromatic heterocycles. The van der Waals surface area contributed by atoms with Gasteiger partial charge in [-0.15, -0.1) is 0 Å². The molecule has 1 saturated heterocycles. The maximum atomic E-state index is 12.8. The zero-order valence-electron chi connectivity index (χ0n) is 17.9. The highest BCUT2D eigenvalue weighted by molar-refractivity contribution is 5.79. The number of hydrogen-bond acceptors (Lipinski definition) is 5. The first-order chi connectivity index (χ1) is 13.4. The van der Waals surface area contributed by atoms with Gasteiger partial charge in [0.25, 0.3) is 0 Å². The zero-order chi connectivity index (χ0) is 20.7. The summed E-state index contributed by atoms with van der Waals surface area (Å²) in [5, 5.41) is 0. The van der Waals surface area contributed by atoms with Gasteiger partial charge in [0.15, 0.2) is 11.5 Å². The van der Waals surface area contributed by atoms with Crippen LogP contribution >= 0.6 is 0 Å². The summed E-state index contributed by atoms with van der Waals surface area (Å²) in [6.45, 7) is 11.9. The van der Waals surface area contributed by atoms with E-state index in [-0.39, 0.29) is 11.8 Å². The summed E-state index contributed by atoms with van der Waals surface area (Å²) in [7, 11) is 4.86. The molecule has 0 N–H and O–H groups in total. The highest BCUT2D eigenvalue weighted by atomic mass is 16.5. The average molecular weight is 391 g/mol. The third-order valence-corrected chi connectivity index (χ3v) is 5.22. The van der Waals surface area contributed by atoms with Crippen molar-refractivity contribution in [2.75, 3.05) is 47.5 Å². The number of piperidine rings is 1. The summed E-state index contributed by atoms with van der Waals surface area (Å²) in [5.41, 5.74) is 2.13. The predicted octanol–water partition coefficient (Wildman–Crippen LogP) is 3.35. The molecule has 0 spiro atoms. The number of carbonyl (C=O) groups is 1. The molecule has 1 aliphatic heterocycles. The summed E-state index contributed by atoms with van der Waals surface area (Å²) in [6.07, 6.45) is 1.77. The molecule has 0 atom stereocenters. The number of rotatable bonds is 9. The summed E-state index contributed by atoms with van der Waals surface area (Å²) in [6, 6.07) is 3.98. The summed E-state index contributed by atoms with van der Waals surface area (Å²) < 4.78 is 16.3. The van der Waals surface area contributed by atoms with Gasteiger partial charge >= 0.3 is 0 Å². The van der Waals surface area contributed by atoms with Gasteiger partial charge in [-0.05, 0) is 57.5 Å². The molecule has 1 aromatic carbocycles. The molecule has 1 amide bonds. The monoisotopic (exact) mass is 390 g/mol. The minimum Gasteiger partial charge on any atom is -0.493 e. The number of nitrogens with zero attached hydrogens (tertiary/aromatic N) is 2. The predicted molar refractivity (Wildman–Crippen MR) is 111 cm³/mol. The Morgan fingerprint density at radius 1 is 1.14 bits per heavy atom. The molecule has 156 valence electrons. The van der Waals surface area contributed by atoms with Gasteiger partial charge in [0.2, 0.25) is 11.7 Å². The number of benzene rings is 1. The van der Waals surface area contributed by atoms with Crippen LogP contribution in [0, 0.1) is 5.92 Å². The lowest BCUT2D eigenvalue weighted by atomic mass is 9.94. The van der Waals surface area contributed by atoms with Crippen molar-refractivity contribution in [2.24, 2.45) is 5.92 Å². The Morgan fingerprint density at radius 2 is 1.71 bits per heavy atom. The Kier molecular flexibility index (Phi) is 8.18. The summed E-state index contributed by atoms with van der Waals surface area (Å²) >= 11 is 0. The third-order valence-electron chi connectivity index (χ3n) is 5.22. The molecule has 0 bridgehead atoms. The fourth-order valence-electron chi connectivity index (χ4n) is 3.75. The van der Waals surface area contributed by atoms with Gasteiger partial charge in [0, 0.05) is 25.6 Å². The standard InChI is InChI=1S/C22H34N2O4/c1-7-24(14-16(2)3)22(25)18-8-10-23(11-9-18)15-17-12-19(26-4)21(28-6)20(13-17)27-5/h12-13,18H,2,7-11,14-15H2,1,3-6H3. The van der Waals surface area contributed by atoms with Crippen LogP contribution in [0.3, 0.4) is 0 Å².